The molecule has 0 unspecified atom stereocenters. The Labute approximate surface area is 398 Å². The topological polar surface area (TPSA) is 0 Å². The van der Waals surface area contributed by atoms with Gasteiger partial charge in [0.05, 0.1) is 0 Å². The van der Waals surface area contributed by atoms with E-state index in [-0.39, 0.29) is 10.8 Å². The van der Waals surface area contributed by atoms with Gasteiger partial charge in [0.25, 0.3) is 0 Å². The zero-order valence-corrected chi connectivity index (χ0v) is 41.2. The van der Waals surface area contributed by atoms with E-state index in [0.717, 1.165) is 47.5 Å². The average Bonchev–Trinajstić information content (AvgIpc) is 3.70. The lowest BCUT2D eigenvalue weighted by molar-refractivity contribution is 0.479. The summed E-state index contributed by atoms with van der Waals surface area (Å²) in [6.07, 6.45) is 6.66. The minimum Gasteiger partial charge on any atom is -0.0587 e. The van der Waals surface area contributed by atoms with Crippen LogP contribution in [0.5, 0.6) is 0 Å². The molecular weight excluding hydrogens is 904 g/mol. The Hall–Kier alpha value is -5.28. The van der Waals surface area contributed by atoms with Gasteiger partial charge in [-0.2, -0.15) is 0 Å². The first-order chi connectivity index (χ1) is 30.9. The molecule has 0 saturated carbocycles. The van der Waals surface area contributed by atoms with Crippen molar-refractivity contribution in [3.05, 3.63) is 233 Å². The van der Waals surface area contributed by atoms with Gasteiger partial charge in [-0.3, -0.25) is 0 Å². The van der Waals surface area contributed by atoms with Gasteiger partial charge < -0.3 is 0 Å². The maximum atomic E-state index is 3.90. The molecule has 0 bridgehead atoms. The van der Waals surface area contributed by atoms with Crippen LogP contribution in [0, 0.1) is 41.5 Å². The summed E-state index contributed by atoms with van der Waals surface area (Å²) in [5.74, 6) is 0. The molecule has 2 aliphatic carbocycles. The Kier molecular flexibility index (Phi) is 11.3. The second-order valence-electron chi connectivity index (χ2n) is 19.1. The van der Waals surface area contributed by atoms with Crippen LogP contribution in [0.1, 0.15) is 105 Å². The zero-order valence-electron chi connectivity index (χ0n) is 38.0. The van der Waals surface area contributed by atoms with Gasteiger partial charge in [-0.25, -0.2) is 0 Å². The van der Waals surface area contributed by atoms with Crippen molar-refractivity contribution in [1.82, 2.24) is 0 Å². The molecule has 2 aliphatic rings. The number of rotatable bonds is 11. The largest absolute Gasteiger partial charge is 0.0587 e. The SMILES string of the molecule is Cc1ccc(-c2ccc3c(c2)C(CCCCCCC2(c4cc(C)cc(C)c4)c4cc(Br)ccc4-c4ccc(Br)cc42)(c2cc(C)cc(C)c2)c2cc(-c4ccc(C)cc4)ccc2-3)cc1. The third-order valence-electron chi connectivity index (χ3n) is 14.5. The molecule has 0 radical (unpaired) electrons. The quantitative estimate of drug-likeness (QED) is 0.113. The smallest absolute Gasteiger partial charge is 0.0464 e. The van der Waals surface area contributed by atoms with Gasteiger partial charge in [-0.1, -0.05) is 212 Å². The monoisotopic (exact) mass is 958 g/mol. The molecule has 8 aromatic carbocycles. The van der Waals surface area contributed by atoms with Gasteiger partial charge in [-0.05, 0) is 169 Å². The van der Waals surface area contributed by atoms with Crippen molar-refractivity contribution in [3.8, 4) is 44.5 Å². The van der Waals surface area contributed by atoms with Crippen molar-refractivity contribution in [3.63, 3.8) is 0 Å². The lowest BCUT2D eigenvalue weighted by Gasteiger charge is -2.35. The first kappa shape index (κ1) is 42.7. The highest BCUT2D eigenvalue weighted by Gasteiger charge is 2.46. The first-order valence-electron chi connectivity index (χ1n) is 23.1. The van der Waals surface area contributed by atoms with Crippen LogP contribution in [-0.2, 0) is 10.8 Å². The molecule has 0 spiro atoms. The number of halogens is 2. The summed E-state index contributed by atoms with van der Waals surface area (Å²) in [5.41, 5.74) is 26.4. The molecule has 10 rings (SSSR count). The van der Waals surface area contributed by atoms with Crippen LogP contribution in [0.3, 0.4) is 0 Å². The Bertz CT molecular complexity index is 2890. The summed E-state index contributed by atoms with van der Waals surface area (Å²) in [5, 5.41) is 0. The summed E-state index contributed by atoms with van der Waals surface area (Å²) in [6, 6.07) is 61.1. The highest BCUT2D eigenvalue weighted by molar-refractivity contribution is 9.10. The van der Waals surface area contributed by atoms with Crippen LogP contribution in [0.15, 0.2) is 167 Å². The highest BCUT2D eigenvalue weighted by Crippen LogP contribution is 2.58. The van der Waals surface area contributed by atoms with Crippen molar-refractivity contribution in [1.29, 1.82) is 0 Å². The molecule has 0 amide bonds. The summed E-state index contributed by atoms with van der Waals surface area (Å²) >= 11 is 7.80. The molecule has 0 atom stereocenters. The number of benzene rings is 8. The van der Waals surface area contributed by atoms with Crippen molar-refractivity contribution in [2.24, 2.45) is 0 Å². The molecule has 8 aromatic rings. The van der Waals surface area contributed by atoms with Crippen LogP contribution in [0.2, 0.25) is 0 Å². The lowest BCUT2D eigenvalue weighted by atomic mass is 9.67. The number of aryl methyl sites for hydroxylation is 6. The van der Waals surface area contributed by atoms with Crippen molar-refractivity contribution in [2.45, 2.75) is 90.9 Å². The van der Waals surface area contributed by atoms with Crippen molar-refractivity contribution in [2.75, 3.05) is 0 Å². The number of unbranched alkanes of at least 4 members (excludes halogenated alkanes) is 3. The molecule has 0 fully saturated rings. The summed E-state index contributed by atoms with van der Waals surface area (Å²) in [7, 11) is 0. The fraction of sp³-hybridized carbons (Fsp3) is 0.226. The fourth-order valence-corrected chi connectivity index (χ4v) is 12.4. The Balaban J connectivity index is 1.04. The second kappa shape index (κ2) is 16.9. The molecule has 0 nitrogen and oxygen atoms in total. The molecule has 2 heteroatoms. The van der Waals surface area contributed by atoms with E-state index < -0.39 is 0 Å². The van der Waals surface area contributed by atoms with Crippen molar-refractivity contribution < 1.29 is 0 Å². The number of hydrogen-bond donors (Lipinski definition) is 0. The standard InChI is InChI=1S/C62H56Br2/c1-39-11-15-45(16-12-39)47-19-23-53-54-24-20-48(46-17-13-40(2)14-18-46)36-58(54)61(57(53)35-47,49-31-41(3)29-42(4)32-49)27-9-7-8-10-28-62(50-33-43(5)30-44(6)34-50)59-37-51(63)21-25-55(59)56-26-22-52(64)38-60(56)62/h11-26,29-38H,7-10,27-28H2,1-6H3. The maximum absolute atomic E-state index is 3.90. The molecular formula is C62H56Br2. The predicted molar refractivity (Wildman–Crippen MR) is 279 cm³/mol. The second-order valence-corrected chi connectivity index (χ2v) is 20.9. The van der Waals surface area contributed by atoms with Crippen LogP contribution in [0.25, 0.3) is 44.5 Å². The van der Waals surface area contributed by atoms with Gasteiger partial charge in [-0.15, -0.1) is 0 Å². The van der Waals surface area contributed by atoms with E-state index >= 15 is 0 Å². The van der Waals surface area contributed by atoms with Gasteiger partial charge in [0.2, 0.25) is 0 Å². The van der Waals surface area contributed by atoms with Crippen LogP contribution in [0.4, 0.5) is 0 Å². The van der Waals surface area contributed by atoms with E-state index in [1.807, 2.05) is 0 Å². The third-order valence-corrected chi connectivity index (χ3v) is 15.5. The average molecular weight is 961 g/mol. The molecule has 0 aliphatic heterocycles. The molecule has 0 heterocycles. The Morgan fingerprint density at radius 3 is 0.969 bits per heavy atom. The zero-order chi connectivity index (χ0) is 44.3. The number of hydrogen-bond acceptors (Lipinski definition) is 0. The van der Waals surface area contributed by atoms with E-state index in [0.29, 0.717) is 0 Å². The minimum atomic E-state index is -0.301. The summed E-state index contributed by atoms with van der Waals surface area (Å²) in [6.45, 7) is 13.4. The highest BCUT2D eigenvalue weighted by atomic mass is 79.9. The van der Waals surface area contributed by atoms with E-state index in [2.05, 4.69) is 231 Å². The van der Waals surface area contributed by atoms with Crippen LogP contribution < -0.4 is 0 Å². The van der Waals surface area contributed by atoms with E-state index in [1.165, 1.54) is 111 Å². The van der Waals surface area contributed by atoms with Crippen LogP contribution in [-0.4, -0.2) is 0 Å². The van der Waals surface area contributed by atoms with Gasteiger partial charge in [0.15, 0.2) is 0 Å². The van der Waals surface area contributed by atoms with Gasteiger partial charge in [0.1, 0.15) is 0 Å². The predicted octanol–water partition coefficient (Wildman–Crippen LogP) is 18.1. The molecule has 0 N–H and O–H groups in total. The first-order valence-corrected chi connectivity index (χ1v) is 24.7. The van der Waals surface area contributed by atoms with Gasteiger partial charge in [0, 0.05) is 19.8 Å². The van der Waals surface area contributed by atoms with E-state index in [4.69, 9.17) is 0 Å². The fourth-order valence-electron chi connectivity index (χ4n) is 11.6. The summed E-state index contributed by atoms with van der Waals surface area (Å²) in [4.78, 5) is 0. The number of fused-ring (bicyclic) bond motifs is 6. The van der Waals surface area contributed by atoms with Crippen LogP contribution >= 0.6 is 31.9 Å². The molecule has 0 saturated heterocycles. The molecule has 0 aromatic heterocycles. The van der Waals surface area contributed by atoms with E-state index in [9.17, 15) is 0 Å². The molecule has 318 valence electrons. The Morgan fingerprint density at radius 2 is 0.609 bits per heavy atom. The summed E-state index contributed by atoms with van der Waals surface area (Å²) < 4.78 is 2.27. The minimum absolute atomic E-state index is 0.239. The third kappa shape index (κ3) is 7.45. The van der Waals surface area contributed by atoms with E-state index in [1.54, 1.807) is 0 Å². The lowest BCUT2D eigenvalue weighted by Crippen LogP contribution is -2.28. The maximum Gasteiger partial charge on any atom is 0.0464 e. The van der Waals surface area contributed by atoms with Crippen molar-refractivity contribution >= 4 is 31.9 Å². The molecule has 64 heavy (non-hydrogen) atoms. The normalized spacial score (nSPS) is 13.9. The Morgan fingerprint density at radius 1 is 0.297 bits per heavy atom. The van der Waals surface area contributed by atoms with Gasteiger partial charge >= 0.3 is 0 Å².